The molecule has 0 unspecified atom stereocenters. The van der Waals surface area contributed by atoms with Gasteiger partial charge in [0.2, 0.25) is 5.91 Å². The predicted octanol–water partition coefficient (Wildman–Crippen LogP) is 5.92. The van der Waals surface area contributed by atoms with E-state index in [0.29, 0.717) is 6.42 Å². The number of aromatic nitrogens is 2. The zero-order valence-electron chi connectivity index (χ0n) is 19.4. The Balaban J connectivity index is 0.00000126. The van der Waals surface area contributed by atoms with Crippen molar-refractivity contribution < 1.29 is 4.79 Å². The van der Waals surface area contributed by atoms with Gasteiger partial charge in [-0.25, -0.2) is 0 Å². The van der Waals surface area contributed by atoms with Crippen molar-refractivity contribution in [1.29, 1.82) is 0 Å². The van der Waals surface area contributed by atoms with Crippen molar-refractivity contribution in [3.05, 3.63) is 99.6 Å². The van der Waals surface area contributed by atoms with Crippen molar-refractivity contribution in [1.82, 2.24) is 14.9 Å². The number of fused-ring (bicyclic) bond motifs is 2. The lowest BCUT2D eigenvalue weighted by atomic mass is 9.88. The van der Waals surface area contributed by atoms with Crippen LogP contribution in [0.5, 0.6) is 0 Å². The maximum absolute atomic E-state index is 12.8. The Hall–Kier alpha value is -2.98. The molecule has 170 valence electrons. The summed E-state index contributed by atoms with van der Waals surface area (Å²) in [6.07, 6.45) is 9.45. The van der Waals surface area contributed by atoms with Crippen LogP contribution in [-0.2, 0) is 24.1 Å². The number of aryl methyl sites for hydroxylation is 2. The number of likely N-dealkylation sites (tertiary alicyclic amines) is 1. The zero-order chi connectivity index (χ0) is 23.2. The van der Waals surface area contributed by atoms with Crippen LogP contribution in [0, 0.1) is 0 Å². The minimum Gasteiger partial charge on any atom is -0.342 e. The minimum atomic E-state index is 0.182. The third-order valence-electron chi connectivity index (χ3n) is 6.31. The molecule has 0 atom stereocenters. The summed E-state index contributed by atoms with van der Waals surface area (Å²) in [4.78, 5) is 23.6. The Bertz CT molecular complexity index is 1150. The van der Waals surface area contributed by atoms with Crippen LogP contribution in [0.3, 0.4) is 0 Å². The number of hydrogen-bond acceptors (Lipinski definition) is 3. The molecule has 0 bridgehead atoms. The summed E-state index contributed by atoms with van der Waals surface area (Å²) in [7, 11) is 0. The molecule has 33 heavy (non-hydrogen) atoms. The number of halogens is 1. The standard InChI is InChI=1S/C26H24ClN3O.C2H6/c27-22-5-6-23-21(17-22)4-3-20-2-1-11-29-26(20)25(23)19-9-14-30(15-10-19)24(31)16-18-7-12-28-13-8-18;1-2/h1-2,5-8,11-13,17H,3-4,9-10,14-16H2;1-2H3. The van der Waals surface area contributed by atoms with Crippen molar-refractivity contribution in [3.63, 3.8) is 0 Å². The molecule has 0 spiro atoms. The molecule has 1 fully saturated rings. The summed E-state index contributed by atoms with van der Waals surface area (Å²) < 4.78 is 0. The number of rotatable bonds is 2. The first-order valence-electron chi connectivity index (χ1n) is 11.8. The molecule has 0 radical (unpaired) electrons. The van der Waals surface area contributed by atoms with Crippen LogP contribution in [0.25, 0.3) is 5.57 Å². The summed E-state index contributed by atoms with van der Waals surface area (Å²) in [6, 6.07) is 14.2. The lowest BCUT2D eigenvalue weighted by molar-refractivity contribution is -0.130. The molecule has 5 rings (SSSR count). The molecule has 1 aliphatic heterocycles. The average Bonchev–Trinajstić information content (AvgIpc) is 3.02. The Morgan fingerprint density at radius 2 is 1.67 bits per heavy atom. The van der Waals surface area contributed by atoms with Gasteiger partial charge in [-0.2, -0.15) is 0 Å². The number of benzene rings is 1. The van der Waals surface area contributed by atoms with Gasteiger partial charge >= 0.3 is 0 Å². The largest absolute Gasteiger partial charge is 0.342 e. The van der Waals surface area contributed by atoms with Crippen LogP contribution in [0.15, 0.2) is 66.6 Å². The molecule has 0 N–H and O–H groups in total. The normalized spacial score (nSPS) is 15.1. The van der Waals surface area contributed by atoms with E-state index in [0.717, 1.165) is 55.1 Å². The summed E-state index contributed by atoms with van der Waals surface area (Å²) in [6.45, 7) is 5.49. The minimum absolute atomic E-state index is 0.182. The molecule has 3 aromatic rings. The van der Waals surface area contributed by atoms with E-state index in [9.17, 15) is 4.79 Å². The average molecular weight is 460 g/mol. The number of pyridine rings is 2. The molecule has 5 heteroatoms. The lowest BCUT2D eigenvalue weighted by Gasteiger charge is -2.30. The zero-order valence-corrected chi connectivity index (χ0v) is 20.1. The van der Waals surface area contributed by atoms with Gasteiger partial charge in [-0.3, -0.25) is 14.8 Å². The molecule has 1 amide bonds. The molecule has 0 saturated carbocycles. The van der Waals surface area contributed by atoms with E-state index in [1.165, 1.54) is 27.8 Å². The van der Waals surface area contributed by atoms with Crippen LogP contribution in [-0.4, -0.2) is 33.9 Å². The second-order valence-corrected chi connectivity index (χ2v) is 8.64. The van der Waals surface area contributed by atoms with Gasteiger partial charge in [0, 0.05) is 42.3 Å². The second-order valence-electron chi connectivity index (χ2n) is 8.20. The van der Waals surface area contributed by atoms with Crippen molar-refractivity contribution in [2.24, 2.45) is 0 Å². The van der Waals surface area contributed by atoms with E-state index < -0.39 is 0 Å². The predicted molar refractivity (Wildman–Crippen MR) is 134 cm³/mol. The maximum atomic E-state index is 12.8. The highest BCUT2D eigenvalue weighted by Crippen LogP contribution is 2.38. The number of carbonyl (C=O) groups excluding carboxylic acids is 1. The van der Waals surface area contributed by atoms with Crippen molar-refractivity contribution in [3.8, 4) is 0 Å². The monoisotopic (exact) mass is 459 g/mol. The second kappa shape index (κ2) is 10.8. The highest BCUT2D eigenvalue weighted by atomic mass is 35.5. The van der Waals surface area contributed by atoms with Crippen molar-refractivity contribution in [2.75, 3.05) is 13.1 Å². The molecule has 2 aliphatic rings. The van der Waals surface area contributed by atoms with E-state index >= 15 is 0 Å². The van der Waals surface area contributed by atoms with Crippen molar-refractivity contribution >= 4 is 23.1 Å². The molecule has 4 nitrogen and oxygen atoms in total. The van der Waals surface area contributed by atoms with Gasteiger partial charge in [0.15, 0.2) is 0 Å². The highest BCUT2D eigenvalue weighted by molar-refractivity contribution is 6.30. The van der Waals surface area contributed by atoms with Crippen molar-refractivity contribution in [2.45, 2.75) is 46.0 Å². The van der Waals surface area contributed by atoms with E-state index in [1.807, 2.05) is 49.2 Å². The fraction of sp³-hybridized carbons (Fsp3) is 0.321. The van der Waals surface area contributed by atoms with Gasteiger partial charge in [-0.1, -0.05) is 43.2 Å². The number of piperidine rings is 1. The summed E-state index contributed by atoms with van der Waals surface area (Å²) in [5, 5.41) is 0.776. The number of carbonyl (C=O) groups is 1. The first kappa shape index (κ1) is 23.2. The molecule has 1 aliphatic carbocycles. The maximum Gasteiger partial charge on any atom is 0.227 e. The molecule has 2 aromatic heterocycles. The SMILES string of the molecule is CC.O=C(Cc1ccncc1)N1CCC(=C2c3ccc(Cl)cc3CCc3cccnc32)CC1. The topological polar surface area (TPSA) is 46.1 Å². The Morgan fingerprint density at radius 3 is 2.42 bits per heavy atom. The van der Waals surface area contributed by atoms with E-state index in [4.69, 9.17) is 16.6 Å². The van der Waals surface area contributed by atoms with Crippen LogP contribution >= 0.6 is 11.6 Å². The quantitative estimate of drug-likeness (QED) is 0.477. The molecule has 1 aromatic carbocycles. The molecular formula is C28H30ClN3O. The van der Waals surface area contributed by atoms with Crippen LogP contribution in [0.2, 0.25) is 5.02 Å². The van der Waals surface area contributed by atoms with Crippen LogP contribution in [0.4, 0.5) is 0 Å². The third kappa shape index (κ3) is 5.17. The summed E-state index contributed by atoms with van der Waals surface area (Å²) >= 11 is 6.32. The lowest BCUT2D eigenvalue weighted by Crippen LogP contribution is -2.37. The number of hydrogen-bond donors (Lipinski definition) is 0. The Morgan fingerprint density at radius 1 is 0.939 bits per heavy atom. The summed E-state index contributed by atoms with van der Waals surface area (Å²) in [5.74, 6) is 0.182. The van der Waals surface area contributed by atoms with Gasteiger partial charge in [-0.15, -0.1) is 0 Å². The fourth-order valence-corrected chi connectivity index (χ4v) is 4.89. The first-order chi connectivity index (χ1) is 16.2. The molecular weight excluding hydrogens is 430 g/mol. The molecule has 3 heterocycles. The third-order valence-corrected chi connectivity index (χ3v) is 6.54. The fourth-order valence-electron chi connectivity index (χ4n) is 4.70. The van der Waals surface area contributed by atoms with Crippen LogP contribution < -0.4 is 0 Å². The van der Waals surface area contributed by atoms with Gasteiger partial charge in [0.1, 0.15) is 0 Å². The van der Waals surface area contributed by atoms with E-state index in [-0.39, 0.29) is 5.91 Å². The first-order valence-corrected chi connectivity index (χ1v) is 12.2. The number of nitrogens with zero attached hydrogens (tertiary/aromatic N) is 3. The van der Waals surface area contributed by atoms with E-state index in [1.54, 1.807) is 12.4 Å². The van der Waals surface area contributed by atoms with Gasteiger partial charge < -0.3 is 4.90 Å². The van der Waals surface area contributed by atoms with Gasteiger partial charge in [0.05, 0.1) is 12.1 Å². The highest BCUT2D eigenvalue weighted by Gasteiger charge is 2.26. The van der Waals surface area contributed by atoms with Crippen LogP contribution in [0.1, 0.15) is 54.6 Å². The van der Waals surface area contributed by atoms with E-state index in [2.05, 4.69) is 23.2 Å². The Labute approximate surface area is 201 Å². The smallest absolute Gasteiger partial charge is 0.227 e. The van der Waals surface area contributed by atoms with Gasteiger partial charge in [-0.05, 0) is 78.3 Å². The van der Waals surface area contributed by atoms with Gasteiger partial charge in [0.25, 0.3) is 0 Å². The number of amides is 1. The summed E-state index contributed by atoms with van der Waals surface area (Å²) in [5.41, 5.74) is 8.55. The molecule has 1 saturated heterocycles. The Kier molecular flexibility index (Phi) is 7.56.